The van der Waals surface area contributed by atoms with Crippen LogP contribution in [0.25, 0.3) is 10.9 Å². The van der Waals surface area contributed by atoms with Gasteiger partial charge in [-0.05, 0) is 109 Å². The van der Waals surface area contributed by atoms with Gasteiger partial charge in [0, 0.05) is 45.8 Å². The van der Waals surface area contributed by atoms with Crippen molar-refractivity contribution in [1.29, 1.82) is 0 Å². The Bertz CT molecular complexity index is 1800. The van der Waals surface area contributed by atoms with E-state index in [9.17, 15) is 19.8 Å². The molecule has 7 aliphatic rings. The maximum atomic E-state index is 14.2. The maximum absolute atomic E-state index is 14.2. The largest absolute Gasteiger partial charge is 0.457 e. The topological polar surface area (TPSA) is 131 Å². The van der Waals surface area contributed by atoms with Crippen LogP contribution in [-0.4, -0.2) is 79.4 Å². The number of aliphatic hydroxyl groups is 2. The molecule has 1 aromatic heterocycles. The van der Waals surface area contributed by atoms with Crippen molar-refractivity contribution in [3.05, 3.63) is 34.5 Å². The molecule has 9 rings (SSSR count). The predicted octanol–water partition coefficient (Wildman–Crippen LogP) is 5.09. The molecule has 2 saturated carbocycles. The molecule has 0 bridgehead atoms. The number of hydrogen-bond donors (Lipinski definition) is 3. The van der Waals surface area contributed by atoms with Gasteiger partial charge < -0.3 is 34.1 Å². The number of nitrogens with one attached hydrogen (secondary N) is 1. The van der Waals surface area contributed by atoms with Crippen molar-refractivity contribution in [3.8, 4) is 0 Å². The molecule has 9 nitrogen and oxygen atoms in total. The van der Waals surface area contributed by atoms with E-state index in [1.165, 1.54) is 23.6 Å². The van der Waals surface area contributed by atoms with Crippen molar-refractivity contribution in [2.45, 2.75) is 159 Å². The summed E-state index contributed by atoms with van der Waals surface area (Å²) in [5.41, 5.74) is -0.0474. The van der Waals surface area contributed by atoms with Crippen molar-refractivity contribution in [2.24, 2.45) is 23.2 Å². The van der Waals surface area contributed by atoms with Crippen molar-refractivity contribution < 1.29 is 38.7 Å². The van der Waals surface area contributed by atoms with E-state index in [1.807, 2.05) is 6.07 Å². The van der Waals surface area contributed by atoms with E-state index in [0.29, 0.717) is 25.2 Å². The standard InChI is InChI=1S/C39H51NO8/c1-18(41)45-29-31(33(2,3)43)46-25-13-14-36(8)37(9)19(12-15-38(36,44)39(25)32(29)47-39)16-22-26-21-17-23-27(35(6,7)48-34(23,4)5)28(42)20(21)10-11-24(26)40-30(22)37/h10-11,19,23,25,27,29,31-32,40,43-44H,12-17H2,1-9H3/t19?,23-,25?,27-,29+,31-,32-,36+,37+,38-,39-/m0/s1. The fourth-order valence-corrected chi connectivity index (χ4v) is 12.9. The highest BCUT2D eigenvalue weighted by Gasteiger charge is 2.87. The summed E-state index contributed by atoms with van der Waals surface area (Å²) in [4.78, 5) is 30.4. The minimum Gasteiger partial charge on any atom is -0.457 e. The van der Waals surface area contributed by atoms with Gasteiger partial charge in [-0.25, -0.2) is 0 Å². The van der Waals surface area contributed by atoms with Crippen LogP contribution in [0, 0.1) is 23.2 Å². The number of fused-ring (bicyclic) bond motifs is 10. The van der Waals surface area contributed by atoms with Crippen LogP contribution < -0.4 is 0 Å². The summed E-state index contributed by atoms with van der Waals surface area (Å²) < 4.78 is 25.6. The van der Waals surface area contributed by atoms with Gasteiger partial charge >= 0.3 is 5.97 Å². The highest BCUT2D eigenvalue weighted by Crippen LogP contribution is 2.75. The van der Waals surface area contributed by atoms with Crippen LogP contribution in [-0.2, 0) is 42.0 Å². The number of ether oxygens (including phenoxy) is 4. The van der Waals surface area contributed by atoms with Gasteiger partial charge in [-0.2, -0.15) is 0 Å². The predicted molar refractivity (Wildman–Crippen MR) is 177 cm³/mol. The summed E-state index contributed by atoms with van der Waals surface area (Å²) >= 11 is 0. The van der Waals surface area contributed by atoms with E-state index < -0.39 is 69.2 Å². The molecule has 4 aliphatic carbocycles. The van der Waals surface area contributed by atoms with E-state index in [1.54, 1.807) is 13.8 Å². The number of H-pyrrole nitrogens is 1. The fraction of sp³-hybridized carbons (Fsp3) is 0.744. The summed E-state index contributed by atoms with van der Waals surface area (Å²) in [5.74, 6) is -0.0672. The molecule has 48 heavy (non-hydrogen) atoms. The van der Waals surface area contributed by atoms with Crippen molar-refractivity contribution in [3.63, 3.8) is 0 Å². The molecule has 2 aromatic rings. The van der Waals surface area contributed by atoms with Crippen LogP contribution in [0.15, 0.2) is 12.1 Å². The Labute approximate surface area is 282 Å². The Hall–Kier alpha value is -2.30. The Kier molecular flexibility index (Phi) is 5.90. The second-order valence-corrected chi connectivity index (χ2v) is 18.4. The van der Waals surface area contributed by atoms with Gasteiger partial charge in [0.15, 0.2) is 17.5 Å². The Morgan fingerprint density at radius 2 is 1.75 bits per heavy atom. The van der Waals surface area contributed by atoms with Gasteiger partial charge in [-0.15, -0.1) is 0 Å². The number of aromatic nitrogens is 1. The third kappa shape index (κ3) is 3.42. The highest BCUT2D eigenvalue weighted by molar-refractivity contribution is 6.06. The number of carbonyl (C=O) groups excluding carboxylic acids is 2. The lowest BCUT2D eigenvalue weighted by Gasteiger charge is -2.66. The van der Waals surface area contributed by atoms with Gasteiger partial charge in [-0.3, -0.25) is 9.59 Å². The highest BCUT2D eigenvalue weighted by atomic mass is 16.7. The molecule has 3 aliphatic heterocycles. The summed E-state index contributed by atoms with van der Waals surface area (Å²) in [6.45, 7) is 17.6. The summed E-state index contributed by atoms with van der Waals surface area (Å²) in [5, 5.41) is 25.5. The van der Waals surface area contributed by atoms with Crippen LogP contribution in [0.5, 0.6) is 0 Å². The van der Waals surface area contributed by atoms with Gasteiger partial charge in [-0.1, -0.05) is 13.8 Å². The summed E-state index contributed by atoms with van der Waals surface area (Å²) in [6.07, 6.45) is 1.80. The second-order valence-electron chi connectivity index (χ2n) is 18.4. The van der Waals surface area contributed by atoms with Crippen LogP contribution >= 0.6 is 0 Å². The first-order valence-electron chi connectivity index (χ1n) is 18.1. The SMILES string of the molecule is CC(=O)O[C@@H]1[C@@H](C(C)(C)O)OC2CC[C@@]3(C)[C@@](O)(CCC4Cc5c([nH]c6ccc7c(c56)C[C@H]5[C@@H](C7=O)C(C)(C)OC5(C)C)[C@@]43C)[C@]23O[C@@H]13. The van der Waals surface area contributed by atoms with E-state index in [0.717, 1.165) is 35.9 Å². The summed E-state index contributed by atoms with van der Waals surface area (Å²) in [6, 6.07) is 4.10. The Balaban J connectivity index is 1.16. The monoisotopic (exact) mass is 661 g/mol. The van der Waals surface area contributed by atoms with E-state index in [2.05, 4.69) is 52.6 Å². The maximum Gasteiger partial charge on any atom is 0.303 e. The third-order valence-corrected chi connectivity index (χ3v) is 15.0. The van der Waals surface area contributed by atoms with E-state index in [4.69, 9.17) is 18.9 Å². The lowest BCUT2D eigenvalue weighted by atomic mass is 9.40. The Morgan fingerprint density at radius 3 is 2.44 bits per heavy atom. The smallest absolute Gasteiger partial charge is 0.303 e. The first kappa shape index (κ1) is 31.7. The molecule has 3 N–H and O–H groups in total. The fourth-order valence-electron chi connectivity index (χ4n) is 12.9. The zero-order chi connectivity index (χ0) is 34.4. The average Bonchev–Trinajstić information content (AvgIpc) is 3.47. The van der Waals surface area contributed by atoms with Crippen molar-refractivity contribution >= 4 is 22.7 Å². The molecule has 260 valence electrons. The average molecular weight is 662 g/mol. The molecule has 0 amide bonds. The summed E-state index contributed by atoms with van der Waals surface area (Å²) in [7, 11) is 0. The molecule has 0 radical (unpaired) electrons. The van der Waals surface area contributed by atoms with Crippen molar-refractivity contribution in [2.75, 3.05) is 0 Å². The number of hydrogen-bond acceptors (Lipinski definition) is 8. The molecule has 1 aromatic carbocycles. The van der Waals surface area contributed by atoms with E-state index in [-0.39, 0.29) is 17.6 Å². The molecular weight excluding hydrogens is 610 g/mol. The van der Waals surface area contributed by atoms with E-state index >= 15 is 0 Å². The number of benzene rings is 1. The van der Waals surface area contributed by atoms with Crippen LogP contribution in [0.1, 0.15) is 115 Å². The van der Waals surface area contributed by atoms with Crippen molar-refractivity contribution in [1.82, 2.24) is 4.98 Å². The number of esters is 1. The Morgan fingerprint density at radius 1 is 1.02 bits per heavy atom. The number of carbonyl (C=O) groups is 2. The number of aromatic amines is 1. The number of Topliss-reactive ketones (excluding diaryl/α,β-unsaturated/α-hetero) is 1. The van der Waals surface area contributed by atoms with Gasteiger partial charge in [0.05, 0.1) is 28.8 Å². The zero-order valence-corrected chi connectivity index (χ0v) is 29.8. The second kappa shape index (κ2) is 8.94. The van der Waals surface area contributed by atoms with Crippen LogP contribution in [0.3, 0.4) is 0 Å². The molecule has 11 atom stereocenters. The third-order valence-electron chi connectivity index (χ3n) is 15.0. The normalized spacial score (nSPS) is 46.1. The lowest BCUT2D eigenvalue weighted by Crippen LogP contribution is -2.76. The molecular formula is C39H51NO8. The number of ketones is 1. The van der Waals surface area contributed by atoms with Crippen LogP contribution in [0.4, 0.5) is 0 Å². The quantitative estimate of drug-likeness (QED) is 0.300. The van der Waals surface area contributed by atoms with Crippen LogP contribution in [0.2, 0.25) is 0 Å². The first-order chi connectivity index (χ1) is 22.2. The van der Waals surface area contributed by atoms with Gasteiger partial charge in [0.25, 0.3) is 0 Å². The minimum absolute atomic E-state index is 0.0908. The molecule has 1 spiro atoms. The molecule has 4 heterocycles. The molecule has 9 heteroatoms. The first-order valence-corrected chi connectivity index (χ1v) is 18.1. The molecule has 3 saturated heterocycles. The van der Waals surface area contributed by atoms with Gasteiger partial charge in [0.2, 0.25) is 0 Å². The zero-order valence-electron chi connectivity index (χ0n) is 29.8. The lowest BCUT2D eigenvalue weighted by molar-refractivity contribution is -0.282. The van der Waals surface area contributed by atoms with Gasteiger partial charge in [0.1, 0.15) is 17.8 Å². The minimum atomic E-state index is -1.27. The molecule has 5 fully saturated rings. The number of epoxide rings is 1. The molecule has 2 unspecified atom stereocenters. The number of rotatable bonds is 2.